The van der Waals surface area contributed by atoms with E-state index >= 15 is 0 Å². The van der Waals surface area contributed by atoms with Gasteiger partial charge in [-0.2, -0.15) is 0 Å². The Labute approximate surface area is 126 Å². The number of imide groups is 1. The highest BCUT2D eigenvalue weighted by atomic mass is 32.1. The number of nitrogens with zero attached hydrogens (tertiary/aromatic N) is 3. The zero-order valence-electron chi connectivity index (χ0n) is 12.1. The van der Waals surface area contributed by atoms with Crippen LogP contribution in [0.2, 0.25) is 0 Å². The molecule has 0 radical (unpaired) electrons. The lowest BCUT2D eigenvalue weighted by Crippen LogP contribution is -2.32. The summed E-state index contributed by atoms with van der Waals surface area (Å²) in [6.45, 7) is 4.30. The first-order valence-electron chi connectivity index (χ1n) is 6.91. The Morgan fingerprint density at radius 1 is 1.29 bits per heavy atom. The summed E-state index contributed by atoms with van der Waals surface area (Å²) >= 11 is 1.35. The Bertz CT molecular complexity index is 539. The third kappa shape index (κ3) is 4.32. The van der Waals surface area contributed by atoms with E-state index in [9.17, 15) is 14.4 Å². The Balaban J connectivity index is 1.80. The van der Waals surface area contributed by atoms with Crippen molar-refractivity contribution in [3.8, 4) is 0 Å². The maximum atomic E-state index is 11.8. The van der Waals surface area contributed by atoms with Crippen molar-refractivity contribution in [2.24, 2.45) is 5.92 Å². The average molecular weight is 310 g/mol. The minimum absolute atomic E-state index is 0.0799. The second-order valence-electron chi connectivity index (χ2n) is 5.34. The number of hydrogen-bond donors (Lipinski definition) is 1. The van der Waals surface area contributed by atoms with Crippen LogP contribution in [0.1, 0.15) is 38.1 Å². The van der Waals surface area contributed by atoms with Crippen LogP contribution in [0, 0.1) is 5.92 Å². The summed E-state index contributed by atoms with van der Waals surface area (Å²) in [5.74, 6) is -0.200. The lowest BCUT2D eigenvalue weighted by molar-refractivity contribution is -0.138. The first kappa shape index (κ1) is 15.6. The minimum atomic E-state index is -0.269. The molecule has 1 aromatic heterocycles. The molecule has 0 saturated carbocycles. The topological polar surface area (TPSA) is 92.3 Å². The van der Waals surface area contributed by atoms with Gasteiger partial charge in [-0.3, -0.25) is 19.3 Å². The smallest absolute Gasteiger partial charge is 0.229 e. The number of rotatable bonds is 6. The van der Waals surface area contributed by atoms with E-state index in [0.29, 0.717) is 11.0 Å². The lowest BCUT2D eigenvalue weighted by atomic mass is 10.1. The highest BCUT2D eigenvalue weighted by Crippen LogP contribution is 2.18. The summed E-state index contributed by atoms with van der Waals surface area (Å²) in [5.41, 5.74) is 0. The predicted octanol–water partition coefficient (Wildman–Crippen LogP) is 1.21. The van der Waals surface area contributed by atoms with Crippen LogP contribution in [0.3, 0.4) is 0 Å². The van der Waals surface area contributed by atoms with E-state index in [1.807, 2.05) is 0 Å². The lowest BCUT2D eigenvalue weighted by Gasteiger charge is -2.12. The van der Waals surface area contributed by atoms with Gasteiger partial charge in [-0.25, -0.2) is 0 Å². The molecular formula is C13H18N4O3S. The molecule has 8 heteroatoms. The number of nitrogens with one attached hydrogen (secondary N) is 1. The average Bonchev–Trinajstić information content (AvgIpc) is 2.95. The van der Waals surface area contributed by atoms with E-state index in [1.54, 1.807) is 0 Å². The molecule has 1 fully saturated rings. The van der Waals surface area contributed by atoms with E-state index in [2.05, 4.69) is 29.4 Å². The normalized spacial score (nSPS) is 15.1. The van der Waals surface area contributed by atoms with Crippen LogP contribution in [0.4, 0.5) is 5.13 Å². The van der Waals surface area contributed by atoms with Crippen molar-refractivity contribution in [3.63, 3.8) is 0 Å². The van der Waals surface area contributed by atoms with Crippen LogP contribution in [0.15, 0.2) is 0 Å². The molecule has 1 aliphatic heterocycles. The largest absolute Gasteiger partial charge is 0.300 e. The third-order valence-corrected chi connectivity index (χ3v) is 3.87. The predicted molar refractivity (Wildman–Crippen MR) is 77.7 cm³/mol. The summed E-state index contributed by atoms with van der Waals surface area (Å²) in [6.07, 6.45) is 1.39. The molecule has 0 aliphatic carbocycles. The van der Waals surface area contributed by atoms with Gasteiger partial charge in [0.25, 0.3) is 0 Å². The molecule has 0 bridgehead atoms. The molecule has 1 N–H and O–H groups in total. The molecule has 0 atom stereocenters. The molecule has 114 valence electrons. The quantitative estimate of drug-likeness (QED) is 0.797. The van der Waals surface area contributed by atoms with E-state index in [0.717, 1.165) is 16.3 Å². The summed E-state index contributed by atoms with van der Waals surface area (Å²) in [6, 6.07) is 0. The molecule has 7 nitrogen and oxygen atoms in total. The van der Waals surface area contributed by atoms with Crippen molar-refractivity contribution in [1.29, 1.82) is 0 Å². The summed E-state index contributed by atoms with van der Waals surface area (Å²) in [7, 11) is 0. The summed E-state index contributed by atoms with van der Waals surface area (Å²) in [5, 5.41) is 11.9. The highest BCUT2D eigenvalue weighted by Gasteiger charge is 2.28. The number of amides is 3. The van der Waals surface area contributed by atoms with Crippen molar-refractivity contribution >= 4 is 34.2 Å². The Kier molecular flexibility index (Phi) is 5.00. The molecule has 2 rings (SSSR count). The number of aromatic nitrogens is 2. The second kappa shape index (κ2) is 6.75. The molecule has 0 aromatic carbocycles. The van der Waals surface area contributed by atoms with Crippen molar-refractivity contribution < 1.29 is 14.4 Å². The molecule has 1 aliphatic rings. The fraction of sp³-hybridized carbons (Fsp3) is 0.615. The maximum absolute atomic E-state index is 11.8. The molecule has 3 amide bonds. The number of likely N-dealkylation sites (tertiary alicyclic amines) is 1. The monoisotopic (exact) mass is 310 g/mol. The van der Waals surface area contributed by atoms with Crippen LogP contribution in [0.25, 0.3) is 0 Å². The fourth-order valence-corrected chi connectivity index (χ4v) is 2.97. The fourth-order valence-electron chi connectivity index (χ4n) is 2.00. The molecule has 1 saturated heterocycles. The number of carbonyl (C=O) groups is 3. The highest BCUT2D eigenvalue weighted by molar-refractivity contribution is 7.15. The van der Waals surface area contributed by atoms with Gasteiger partial charge in [0.15, 0.2) is 0 Å². The van der Waals surface area contributed by atoms with Gasteiger partial charge in [0.05, 0.1) is 0 Å². The van der Waals surface area contributed by atoms with Gasteiger partial charge in [-0.15, -0.1) is 10.2 Å². The molecular weight excluding hydrogens is 292 g/mol. The number of anilines is 1. The second-order valence-corrected chi connectivity index (χ2v) is 6.40. The van der Waals surface area contributed by atoms with E-state index in [1.165, 1.54) is 11.3 Å². The Hall–Kier alpha value is -1.83. The van der Waals surface area contributed by atoms with Gasteiger partial charge in [0.2, 0.25) is 22.9 Å². The van der Waals surface area contributed by atoms with E-state index < -0.39 is 0 Å². The molecule has 1 aromatic rings. The number of carbonyl (C=O) groups excluding carboxylic acids is 3. The summed E-state index contributed by atoms with van der Waals surface area (Å²) < 4.78 is 0. The summed E-state index contributed by atoms with van der Waals surface area (Å²) in [4.78, 5) is 35.8. The van der Waals surface area contributed by atoms with Crippen molar-refractivity contribution in [2.45, 2.75) is 39.5 Å². The van der Waals surface area contributed by atoms with Gasteiger partial charge in [0.1, 0.15) is 5.01 Å². The first-order valence-corrected chi connectivity index (χ1v) is 7.72. The Morgan fingerprint density at radius 3 is 2.57 bits per heavy atom. The SMILES string of the molecule is CC(C)Cc1nnc(NC(=O)CCN2C(=O)CCC2=O)s1. The minimum Gasteiger partial charge on any atom is -0.300 e. The van der Waals surface area contributed by atoms with Crippen LogP contribution in [0.5, 0.6) is 0 Å². The Morgan fingerprint density at radius 2 is 1.95 bits per heavy atom. The zero-order chi connectivity index (χ0) is 15.4. The van der Waals surface area contributed by atoms with Crippen molar-refractivity contribution in [2.75, 3.05) is 11.9 Å². The molecule has 0 unspecified atom stereocenters. The van der Waals surface area contributed by atoms with Crippen LogP contribution < -0.4 is 5.32 Å². The standard InChI is InChI=1S/C13H18N4O3S/c1-8(2)7-10-15-16-13(21-10)14-9(18)5-6-17-11(19)3-4-12(17)20/h8H,3-7H2,1-2H3,(H,14,16,18). The van der Waals surface area contributed by atoms with E-state index in [4.69, 9.17) is 0 Å². The number of hydrogen-bond acceptors (Lipinski definition) is 6. The zero-order valence-corrected chi connectivity index (χ0v) is 12.9. The van der Waals surface area contributed by atoms with Crippen LogP contribution in [-0.4, -0.2) is 39.4 Å². The maximum Gasteiger partial charge on any atom is 0.229 e. The molecule has 21 heavy (non-hydrogen) atoms. The molecule has 2 heterocycles. The van der Waals surface area contributed by atoms with Gasteiger partial charge in [-0.1, -0.05) is 25.2 Å². The van der Waals surface area contributed by atoms with Crippen molar-refractivity contribution in [3.05, 3.63) is 5.01 Å². The van der Waals surface area contributed by atoms with Gasteiger partial charge in [-0.05, 0) is 5.92 Å². The van der Waals surface area contributed by atoms with Crippen molar-refractivity contribution in [1.82, 2.24) is 15.1 Å². The first-order chi connectivity index (χ1) is 9.95. The molecule has 0 spiro atoms. The van der Waals surface area contributed by atoms with Crippen LogP contribution >= 0.6 is 11.3 Å². The third-order valence-electron chi connectivity index (χ3n) is 3.01. The van der Waals surface area contributed by atoms with Gasteiger partial charge < -0.3 is 5.32 Å². The van der Waals surface area contributed by atoms with E-state index in [-0.39, 0.29) is 43.5 Å². The van der Waals surface area contributed by atoms with Gasteiger partial charge >= 0.3 is 0 Å². The van der Waals surface area contributed by atoms with Gasteiger partial charge in [0, 0.05) is 32.2 Å². The van der Waals surface area contributed by atoms with Crippen LogP contribution in [-0.2, 0) is 20.8 Å².